The highest BCUT2D eigenvalue weighted by atomic mass is 19.4. The molecule has 0 amide bonds. The van der Waals surface area contributed by atoms with E-state index in [-0.39, 0.29) is 17.5 Å². The highest BCUT2D eigenvalue weighted by Gasteiger charge is 2.37. The van der Waals surface area contributed by atoms with Crippen LogP contribution in [0.1, 0.15) is 37.7 Å². The summed E-state index contributed by atoms with van der Waals surface area (Å²) in [6.07, 6.45) is -1.40. The Morgan fingerprint density at radius 2 is 1.88 bits per heavy atom. The first kappa shape index (κ1) is 16.5. The number of alkyl halides is 3. The third-order valence-corrected chi connectivity index (χ3v) is 3.93. The fourth-order valence-electron chi connectivity index (χ4n) is 2.93. The topological polar surface area (TPSA) is 35.6 Å². The second-order valence-corrected chi connectivity index (χ2v) is 6.96. The van der Waals surface area contributed by atoms with Crippen LogP contribution in [0.15, 0.2) is 30.6 Å². The summed E-state index contributed by atoms with van der Waals surface area (Å²) in [4.78, 5) is 4.36. The zero-order chi connectivity index (χ0) is 17.7. The molecule has 0 aliphatic carbocycles. The quantitative estimate of drug-likeness (QED) is 0.705. The average molecular weight is 336 g/mol. The molecule has 3 aromatic heterocycles. The van der Waals surface area contributed by atoms with Gasteiger partial charge in [-0.2, -0.15) is 18.3 Å². The molecule has 0 unspecified atom stereocenters. The second-order valence-electron chi connectivity index (χ2n) is 6.96. The van der Waals surface area contributed by atoms with Crippen LogP contribution in [0.2, 0.25) is 0 Å². The normalized spacial score (nSPS) is 13.0. The molecule has 0 aromatic carbocycles. The van der Waals surface area contributed by atoms with E-state index in [0.717, 1.165) is 11.1 Å². The molecule has 0 radical (unpaired) electrons. The fraction of sp³-hybridized carbons (Fsp3) is 0.412. The molecule has 0 aliphatic heterocycles. The number of fused-ring (bicyclic) bond motifs is 1. The van der Waals surface area contributed by atoms with Crippen LogP contribution in [0.3, 0.4) is 0 Å². The molecule has 0 atom stereocenters. The second kappa shape index (κ2) is 5.36. The van der Waals surface area contributed by atoms with E-state index in [1.54, 1.807) is 6.20 Å². The van der Waals surface area contributed by atoms with Gasteiger partial charge in [-0.25, -0.2) is 4.98 Å². The molecule has 0 bridgehead atoms. The van der Waals surface area contributed by atoms with Gasteiger partial charge in [0.05, 0.1) is 6.54 Å². The lowest BCUT2D eigenvalue weighted by molar-refractivity contribution is -0.142. The number of aryl methyl sites for hydroxylation is 1. The summed E-state index contributed by atoms with van der Waals surface area (Å²) in [5, 5.41) is 4.51. The van der Waals surface area contributed by atoms with Crippen LogP contribution in [-0.2, 0) is 25.2 Å². The van der Waals surface area contributed by atoms with Gasteiger partial charge in [-0.1, -0.05) is 20.8 Å². The first-order chi connectivity index (χ1) is 11.1. The van der Waals surface area contributed by atoms with E-state index in [0.29, 0.717) is 5.65 Å². The standard InChI is InChI=1S/C17H19F3N4/c1-16(2,3)13-8-11-6-5-7-21-15(11)24(13)10-12-9-23(4)22-14(12)17(18,19)20/h5-9H,10H2,1-4H3. The van der Waals surface area contributed by atoms with Gasteiger partial charge in [0.2, 0.25) is 0 Å². The molecule has 3 heterocycles. The van der Waals surface area contributed by atoms with Crippen LogP contribution in [0.4, 0.5) is 13.2 Å². The van der Waals surface area contributed by atoms with Crippen LogP contribution < -0.4 is 0 Å². The minimum atomic E-state index is -4.48. The molecular weight excluding hydrogens is 317 g/mol. The van der Waals surface area contributed by atoms with E-state index in [9.17, 15) is 13.2 Å². The number of hydrogen-bond donors (Lipinski definition) is 0. The molecular formula is C17H19F3N4. The molecule has 3 rings (SSSR count). The minimum absolute atomic E-state index is 0.0792. The van der Waals surface area contributed by atoms with Crippen LogP contribution in [0.25, 0.3) is 11.0 Å². The average Bonchev–Trinajstić information content (AvgIpc) is 3.00. The largest absolute Gasteiger partial charge is 0.435 e. The molecule has 0 saturated carbocycles. The summed E-state index contributed by atoms with van der Waals surface area (Å²) in [6, 6.07) is 5.73. The maximum atomic E-state index is 13.2. The van der Waals surface area contributed by atoms with Crippen LogP contribution in [0, 0.1) is 0 Å². The highest BCUT2D eigenvalue weighted by molar-refractivity contribution is 5.77. The summed E-state index contributed by atoms with van der Waals surface area (Å²) in [6.45, 7) is 6.18. The Bertz CT molecular complexity index is 881. The monoisotopic (exact) mass is 336 g/mol. The lowest BCUT2D eigenvalue weighted by Crippen LogP contribution is -2.19. The Balaban J connectivity index is 2.18. The van der Waals surface area contributed by atoms with Crippen molar-refractivity contribution in [1.29, 1.82) is 0 Å². The van der Waals surface area contributed by atoms with Gasteiger partial charge in [0, 0.05) is 41.5 Å². The number of rotatable bonds is 2. The van der Waals surface area contributed by atoms with Crippen molar-refractivity contribution < 1.29 is 13.2 Å². The van der Waals surface area contributed by atoms with Crippen molar-refractivity contribution in [3.05, 3.63) is 47.5 Å². The van der Waals surface area contributed by atoms with Crippen molar-refractivity contribution in [3.63, 3.8) is 0 Å². The summed E-state index contributed by atoms with van der Waals surface area (Å²) in [5.74, 6) is 0. The number of nitrogens with zero attached hydrogens (tertiary/aromatic N) is 4. The van der Waals surface area contributed by atoms with Crippen LogP contribution in [-0.4, -0.2) is 19.3 Å². The van der Waals surface area contributed by atoms with Gasteiger partial charge in [0.15, 0.2) is 5.69 Å². The molecule has 0 N–H and O–H groups in total. The Labute approximate surface area is 137 Å². The predicted octanol–water partition coefficient (Wildman–Crippen LogP) is 4.13. The predicted molar refractivity (Wildman–Crippen MR) is 85.7 cm³/mol. The van der Waals surface area contributed by atoms with Gasteiger partial charge in [-0.3, -0.25) is 4.68 Å². The Kier molecular flexibility index (Phi) is 3.69. The SMILES string of the molecule is Cn1cc(Cn2c(C(C)(C)C)cc3cccnc32)c(C(F)(F)F)n1. The smallest absolute Gasteiger partial charge is 0.325 e. The first-order valence-corrected chi connectivity index (χ1v) is 7.62. The molecule has 0 aliphatic rings. The summed E-state index contributed by atoms with van der Waals surface area (Å²) < 4.78 is 42.8. The van der Waals surface area contributed by atoms with Gasteiger partial charge in [0.1, 0.15) is 5.65 Å². The van der Waals surface area contributed by atoms with Crippen molar-refractivity contribution in [2.75, 3.05) is 0 Å². The Hall–Kier alpha value is -2.31. The van der Waals surface area contributed by atoms with Gasteiger partial charge >= 0.3 is 6.18 Å². The van der Waals surface area contributed by atoms with E-state index in [4.69, 9.17) is 0 Å². The molecule has 7 heteroatoms. The first-order valence-electron chi connectivity index (χ1n) is 7.62. The summed E-state index contributed by atoms with van der Waals surface area (Å²) >= 11 is 0. The molecule has 24 heavy (non-hydrogen) atoms. The van der Waals surface area contributed by atoms with Crippen molar-refractivity contribution in [2.24, 2.45) is 7.05 Å². The molecule has 4 nitrogen and oxygen atoms in total. The maximum Gasteiger partial charge on any atom is 0.435 e. The third kappa shape index (κ3) is 2.90. The zero-order valence-electron chi connectivity index (χ0n) is 14.0. The van der Waals surface area contributed by atoms with E-state index in [2.05, 4.69) is 10.1 Å². The van der Waals surface area contributed by atoms with E-state index in [1.807, 2.05) is 43.5 Å². The van der Waals surface area contributed by atoms with Crippen molar-refractivity contribution in [2.45, 2.75) is 38.9 Å². The van der Waals surface area contributed by atoms with Crippen molar-refractivity contribution in [1.82, 2.24) is 19.3 Å². The summed E-state index contributed by atoms with van der Waals surface area (Å²) in [5.41, 5.74) is 0.690. The van der Waals surface area contributed by atoms with E-state index < -0.39 is 11.9 Å². The Morgan fingerprint density at radius 1 is 1.17 bits per heavy atom. The molecule has 0 fully saturated rings. The van der Waals surface area contributed by atoms with E-state index in [1.165, 1.54) is 17.9 Å². The number of halogens is 3. The van der Waals surface area contributed by atoms with Crippen LogP contribution in [0.5, 0.6) is 0 Å². The zero-order valence-corrected chi connectivity index (χ0v) is 14.0. The van der Waals surface area contributed by atoms with Gasteiger partial charge in [-0.15, -0.1) is 0 Å². The lowest BCUT2D eigenvalue weighted by atomic mass is 9.92. The number of pyridine rings is 1. The highest BCUT2D eigenvalue weighted by Crippen LogP contribution is 2.33. The van der Waals surface area contributed by atoms with E-state index >= 15 is 0 Å². The Morgan fingerprint density at radius 3 is 2.50 bits per heavy atom. The molecule has 0 spiro atoms. The van der Waals surface area contributed by atoms with Gasteiger partial charge in [-0.05, 0) is 18.2 Å². The third-order valence-electron chi connectivity index (χ3n) is 3.93. The van der Waals surface area contributed by atoms with Crippen molar-refractivity contribution >= 4 is 11.0 Å². The lowest BCUT2D eigenvalue weighted by Gasteiger charge is -2.22. The molecule has 128 valence electrons. The van der Waals surface area contributed by atoms with Crippen molar-refractivity contribution in [3.8, 4) is 0 Å². The molecule has 0 saturated heterocycles. The van der Waals surface area contributed by atoms with Gasteiger partial charge < -0.3 is 4.57 Å². The van der Waals surface area contributed by atoms with Crippen LogP contribution >= 0.6 is 0 Å². The fourth-order valence-corrected chi connectivity index (χ4v) is 2.93. The number of hydrogen-bond acceptors (Lipinski definition) is 2. The summed E-state index contributed by atoms with van der Waals surface area (Å²) in [7, 11) is 1.50. The molecule has 3 aromatic rings. The number of aromatic nitrogens is 4. The van der Waals surface area contributed by atoms with Gasteiger partial charge in [0.25, 0.3) is 0 Å². The maximum absolute atomic E-state index is 13.2. The minimum Gasteiger partial charge on any atom is -0.325 e.